The van der Waals surface area contributed by atoms with Gasteiger partial charge in [0.1, 0.15) is 0 Å². The molecule has 1 N–H and O–H groups in total. The van der Waals surface area contributed by atoms with E-state index in [4.69, 9.17) is 11.6 Å². The maximum atomic E-state index is 11.4. The van der Waals surface area contributed by atoms with Gasteiger partial charge in [0.2, 0.25) is 10.0 Å². The number of halogens is 1. The van der Waals surface area contributed by atoms with Gasteiger partial charge in [-0.05, 0) is 53.3 Å². The van der Waals surface area contributed by atoms with Crippen LogP contribution >= 0.6 is 11.6 Å². The number of benzene rings is 2. The summed E-state index contributed by atoms with van der Waals surface area (Å²) in [6.45, 7) is 4.32. The molecule has 0 spiro atoms. The van der Waals surface area contributed by atoms with Crippen LogP contribution < -0.4 is 4.72 Å². The molecular weight excluding hydrogens is 318 g/mol. The van der Waals surface area contributed by atoms with Crippen molar-refractivity contribution < 1.29 is 8.42 Å². The lowest BCUT2D eigenvalue weighted by molar-refractivity contribution is 0.607. The fourth-order valence-corrected chi connectivity index (χ4v) is 3.12. The van der Waals surface area contributed by atoms with Crippen molar-refractivity contribution in [2.45, 2.75) is 26.2 Å². The molecule has 2 rings (SSSR count). The van der Waals surface area contributed by atoms with Gasteiger partial charge < -0.3 is 0 Å². The molecule has 1 atom stereocenters. The minimum atomic E-state index is -3.29. The Hall–Kier alpha value is -1.52. The lowest BCUT2D eigenvalue weighted by atomic mass is 9.90. The SMILES string of the molecule is CCC(C)c1ccc(Cl)cc1-c1cccc(NS(C)(=O)=O)c1. The first-order valence-electron chi connectivity index (χ1n) is 7.18. The Bertz CT molecular complexity index is 772. The van der Waals surface area contributed by atoms with Crippen LogP contribution in [0, 0.1) is 0 Å². The maximum Gasteiger partial charge on any atom is 0.229 e. The molecular formula is C17H20ClNO2S. The smallest absolute Gasteiger partial charge is 0.229 e. The fourth-order valence-electron chi connectivity index (χ4n) is 2.39. The minimum absolute atomic E-state index is 0.402. The molecule has 2 aromatic rings. The molecule has 2 aromatic carbocycles. The molecule has 118 valence electrons. The molecule has 0 fully saturated rings. The Morgan fingerprint density at radius 1 is 1.18 bits per heavy atom. The number of hydrogen-bond donors (Lipinski definition) is 1. The van der Waals surface area contributed by atoms with Gasteiger partial charge in [-0.2, -0.15) is 0 Å². The number of anilines is 1. The minimum Gasteiger partial charge on any atom is -0.284 e. The number of hydrogen-bond acceptors (Lipinski definition) is 2. The van der Waals surface area contributed by atoms with E-state index in [9.17, 15) is 8.42 Å². The predicted molar refractivity (Wildman–Crippen MR) is 94.1 cm³/mol. The van der Waals surface area contributed by atoms with Gasteiger partial charge in [0.15, 0.2) is 0 Å². The van der Waals surface area contributed by atoms with Crippen molar-refractivity contribution in [3.63, 3.8) is 0 Å². The number of nitrogens with one attached hydrogen (secondary N) is 1. The van der Waals surface area contributed by atoms with E-state index in [0.29, 0.717) is 16.6 Å². The van der Waals surface area contributed by atoms with Gasteiger partial charge >= 0.3 is 0 Å². The van der Waals surface area contributed by atoms with Gasteiger partial charge in [-0.15, -0.1) is 0 Å². The topological polar surface area (TPSA) is 46.2 Å². The summed E-state index contributed by atoms with van der Waals surface area (Å²) >= 11 is 6.15. The molecule has 5 heteroatoms. The third-order valence-corrected chi connectivity index (χ3v) is 4.48. The maximum absolute atomic E-state index is 11.4. The molecule has 0 bridgehead atoms. The van der Waals surface area contributed by atoms with Gasteiger partial charge in [0.25, 0.3) is 0 Å². The van der Waals surface area contributed by atoms with E-state index in [1.807, 2.05) is 36.4 Å². The second-order valence-electron chi connectivity index (χ2n) is 5.50. The molecule has 0 saturated carbocycles. The van der Waals surface area contributed by atoms with Crippen LogP contribution in [0.3, 0.4) is 0 Å². The van der Waals surface area contributed by atoms with E-state index >= 15 is 0 Å². The highest BCUT2D eigenvalue weighted by molar-refractivity contribution is 7.92. The summed E-state index contributed by atoms with van der Waals surface area (Å²) in [5.41, 5.74) is 3.75. The summed E-state index contributed by atoms with van der Waals surface area (Å²) in [6, 6.07) is 13.2. The van der Waals surface area contributed by atoms with Gasteiger partial charge in [-0.25, -0.2) is 8.42 Å². The average Bonchev–Trinajstić information content (AvgIpc) is 2.45. The molecule has 0 saturated heterocycles. The monoisotopic (exact) mass is 337 g/mol. The van der Waals surface area contributed by atoms with Gasteiger partial charge in [0.05, 0.1) is 6.26 Å². The molecule has 0 amide bonds. The Morgan fingerprint density at radius 2 is 1.91 bits per heavy atom. The lowest BCUT2D eigenvalue weighted by Crippen LogP contribution is -2.09. The largest absolute Gasteiger partial charge is 0.284 e. The quantitative estimate of drug-likeness (QED) is 0.844. The van der Waals surface area contributed by atoms with Crippen molar-refractivity contribution in [2.75, 3.05) is 11.0 Å². The Kier molecular flexibility index (Phi) is 5.14. The third-order valence-electron chi connectivity index (χ3n) is 3.64. The molecule has 0 aliphatic heterocycles. The first-order valence-corrected chi connectivity index (χ1v) is 9.44. The standard InChI is InChI=1S/C17H20ClNO2S/c1-4-12(2)16-9-8-14(18)11-17(16)13-6-5-7-15(10-13)19-22(3,20)21/h5-12,19H,4H2,1-3H3. The van der Waals surface area contributed by atoms with E-state index in [2.05, 4.69) is 18.6 Å². The van der Waals surface area contributed by atoms with Crippen LogP contribution in [-0.4, -0.2) is 14.7 Å². The van der Waals surface area contributed by atoms with E-state index in [0.717, 1.165) is 23.8 Å². The molecule has 3 nitrogen and oxygen atoms in total. The van der Waals surface area contributed by atoms with Crippen LogP contribution in [0.4, 0.5) is 5.69 Å². The number of rotatable bonds is 5. The van der Waals surface area contributed by atoms with E-state index < -0.39 is 10.0 Å². The van der Waals surface area contributed by atoms with Crippen LogP contribution in [0.5, 0.6) is 0 Å². The van der Waals surface area contributed by atoms with E-state index in [1.165, 1.54) is 5.56 Å². The second kappa shape index (κ2) is 6.71. The Labute approximate surface area is 137 Å². The van der Waals surface area contributed by atoms with E-state index in [-0.39, 0.29) is 0 Å². The second-order valence-corrected chi connectivity index (χ2v) is 7.68. The highest BCUT2D eigenvalue weighted by Crippen LogP contribution is 2.34. The van der Waals surface area contributed by atoms with Crippen molar-refractivity contribution in [3.8, 4) is 11.1 Å². The first-order chi connectivity index (χ1) is 10.3. The van der Waals surface area contributed by atoms with Crippen LogP contribution in [-0.2, 0) is 10.0 Å². The summed E-state index contributed by atoms with van der Waals surface area (Å²) in [4.78, 5) is 0. The van der Waals surface area contributed by atoms with Crippen molar-refractivity contribution in [1.82, 2.24) is 0 Å². The van der Waals surface area contributed by atoms with Crippen LogP contribution in [0.15, 0.2) is 42.5 Å². The van der Waals surface area contributed by atoms with Crippen LogP contribution in [0.2, 0.25) is 5.02 Å². The molecule has 0 radical (unpaired) electrons. The van der Waals surface area contributed by atoms with Crippen LogP contribution in [0.1, 0.15) is 31.7 Å². The molecule has 0 aliphatic carbocycles. The summed E-state index contributed by atoms with van der Waals surface area (Å²) in [5, 5.41) is 0.670. The summed E-state index contributed by atoms with van der Waals surface area (Å²) in [7, 11) is -3.29. The highest BCUT2D eigenvalue weighted by atomic mass is 35.5. The Balaban J connectivity index is 2.52. The molecule has 0 aromatic heterocycles. The molecule has 0 heterocycles. The lowest BCUT2D eigenvalue weighted by Gasteiger charge is -2.16. The molecule has 22 heavy (non-hydrogen) atoms. The summed E-state index contributed by atoms with van der Waals surface area (Å²) < 4.78 is 25.3. The molecule has 1 unspecified atom stereocenters. The highest BCUT2D eigenvalue weighted by Gasteiger charge is 2.12. The average molecular weight is 338 g/mol. The van der Waals surface area contributed by atoms with Crippen molar-refractivity contribution in [1.29, 1.82) is 0 Å². The normalized spacial score (nSPS) is 12.9. The summed E-state index contributed by atoms with van der Waals surface area (Å²) in [6.07, 6.45) is 2.17. The van der Waals surface area contributed by atoms with Gasteiger partial charge in [0, 0.05) is 10.7 Å². The van der Waals surface area contributed by atoms with Crippen LogP contribution in [0.25, 0.3) is 11.1 Å². The van der Waals surface area contributed by atoms with Gasteiger partial charge in [-0.3, -0.25) is 4.72 Å². The van der Waals surface area contributed by atoms with Gasteiger partial charge in [-0.1, -0.05) is 43.6 Å². The zero-order valence-electron chi connectivity index (χ0n) is 12.9. The fraction of sp³-hybridized carbons (Fsp3) is 0.294. The zero-order valence-corrected chi connectivity index (χ0v) is 14.5. The molecule has 0 aliphatic rings. The third kappa shape index (κ3) is 4.24. The van der Waals surface area contributed by atoms with Crippen molar-refractivity contribution in [2.24, 2.45) is 0 Å². The predicted octanol–water partition coefficient (Wildman–Crippen LogP) is 4.89. The zero-order chi connectivity index (χ0) is 16.3. The number of sulfonamides is 1. The summed E-state index contributed by atoms with van der Waals surface area (Å²) in [5.74, 6) is 0.402. The Morgan fingerprint density at radius 3 is 2.55 bits per heavy atom. The first kappa shape index (κ1) is 16.8. The van der Waals surface area contributed by atoms with Crippen molar-refractivity contribution in [3.05, 3.63) is 53.1 Å². The van der Waals surface area contributed by atoms with E-state index in [1.54, 1.807) is 6.07 Å². The van der Waals surface area contributed by atoms with Crippen molar-refractivity contribution >= 4 is 27.3 Å².